The van der Waals surface area contributed by atoms with E-state index in [0.717, 1.165) is 5.56 Å². The maximum atomic E-state index is 12.5. The Morgan fingerprint density at radius 1 is 1.03 bits per heavy atom. The molecule has 0 fully saturated rings. The Kier molecular flexibility index (Phi) is 5.87. The molecule has 0 unspecified atom stereocenters. The van der Waals surface area contributed by atoms with Crippen LogP contribution in [0.2, 0.25) is 18.1 Å². The van der Waals surface area contributed by atoms with Gasteiger partial charge in [0.15, 0.2) is 13.7 Å². The van der Waals surface area contributed by atoms with Crippen LogP contribution in [0.1, 0.15) is 20.8 Å². The smallest absolute Gasteiger partial charge is 0.197 e. The lowest BCUT2D eigenvalue weighted by Crippen LogP contribution is -2.41. The third kappa shape index (κ3) is 4.71. The highest BCUT2D eigenvalue weighted by Crippen LogP contribution is 2.36. The van der Waals surface area contributed by atoms with Gasteiger partial charge in [-0.3, -0.25) is 4.79 Å². The van der Waals surface area contributed by atoms with Crippen molar-refractivity contribution in [2.75, 3.05) is 13.2 Å². The van der Waals surface area contributed by atoms with E-state index in [1.807, 2.05) is 30.3 Å². The Bertz CT molecular complexity index is 1050. The van der Waals surface area contributed by atoms with E-state index in [9.17, 15) is 9.90 Å². The highest BCUT2D eigenvalue weighted by atomic mass is 28.4. The minimum absolute atomic E-state index is 0.130. The lowest BCUT2D eigenvalue weighted by molar-refractivity contribution is 0.203. The number of hydrogen-bond donors (Lipinski definition) is 1. The van der Waals surface area contributed by atoms with E-state index < -0.39 is 8.32 Å². The molecule has 0 radical (unpaired) electrons. The molecule has 0 aliphatic heterocycles. The molecule has 0 atom stereocenters. The lowest BCUT2D eigenvalue weighted by atomic mass is 10.1. The number of phenols is 1. The Morgan fingerprint density at radius 2 is 1.72 bits per heavy atom. The van der Waals surface area contributed by atoms with Gasteiger partial charge in [0.1, 0.15) is 34.8 Å². The van der Waals surface area contributed by atoms with Crippen molar-refractivity contribution in [3.05, 3.63) is 58.8 Å². The maximum absolute atomic E-state index is 12.5. The molecule has 3 aromatic rings. The number of benzene rings is 2. The zero-order chi connectivity index (χ0) is 21.2. The first-order chi connectivity index (χ1) is 13.6. The molecule has 5 nitrogen and oxygen atoms in total. The Hall–Kier alpha value is -2.57. The second-order valence-corrected chi connectivity index (χ2v) is 13.4. The molecule has 1 heterocycles. The minimum Gasteiger partial charge on any atom is -0.507 e. The first kappa shape index (κ1) is 21.1. The largest absolute Gasteiger partial charge is 0.507 e. The maximum Gasteiger partial charge on any atom is 0.197 e. The van der Waals surface area contributed by atoms with Crippen LogP contribution in [0.25, 0.3) is 22.3 Å². The fourth-order valence-electron chi connectivity index (χ4n) is 2.74. The summed E-state index contributed by atoms with van der Waals surface area (Å²) < 4.78 is 17.8. The van der Waals surface area contributed by atoms with Crippen molar-refractivity contribution in [1.29, 1.82) is 0 Å². The van der Waals surface area contributed by atoms with Crippen molar-refractivity contribution in [3.8, 4) is 22.8 Å². The van der Waals surface area contributed by atoms with Crippen LogP contribution < -0.4 is 10.2 Å². The van der Waals surface area contributed by atoms with Gasteiger partial charge in [-0.25, -0.2) is 0 Å². The summed E-state index contributed by atoms with van der Waals surface area (Å²) in [4.78, 5) is 12.5. The van der Waals surface area contributed by atoms with Crippen molar-refractivity contribution >= 4 is 19.3 Å². The van der Waals surface area contributed by atoms with E-state index in [0.29, 0.717) is 24.7 Å². The molecule has 0 amide bonds. The van der Waals surface area contributed by atoms with Gasteiger partial charge in [0, 0.05) is 23.8 Å². The number of phenolic OH excluding ortho intramolecular Hbond substituents is 1. The van der Waals surface area contributed by atoms with Crippen LogP contribution in [-0.4, -0.2) is 26.6 Å². The van der Waals surface area contributed by atoms with E-state index in [2.05, 4.69) is 33.9 Å². The minimum atomic E-state index is -1.84. The molecule has 0 saturated carbocycles. The van der Waals surface area contributed by atoms with Crippen molar-refractivity contribution in [1.82, 2.24) is 0 Å². The summed E-state index contributed by atoms with van der Waals surface area (Å²) in [7, 11) is -1.84. The number of ether oxygens (including phenoxy) is 1. The quantitative estimate of drug-likeness (QED) is 0.424. The molecule has 154 valence electrons. The molecule has 1 N–H and O–H groups in total. The van der Waals surface area contributed by atoms with Gasteiger partial charge in [-0.05, 0) is 18.1 Å². The van der Waals surface area contributed by atoms with E-state index in [1.165, 1.54) is 12.1 Å². The Morgan fingerprint density at radius 3 is 2.38 bits per heavy atom. The average Bonchev–Trinajstić information content (AvgIpc) is 2.64. The first-order valence-electron chi connectivity index (χ1n) is 9.71. The molecule has 0 spiro atoms. The van der Waals surface area contributed by atoms with Crippen LogP contribution in [0.4, 0.5) is 0 Å². The predicted octanol–water partition coefficient (Wildman–Crippen LogP) is 5.57. The van der Waals surface area contributed by atoms with Crippen LogP contribution >= 0.6 is 0 Å². The van der Waals surface area contributed by atoms with Crippen LogP contribution in [0.5, 0.6) is 11.5 Å². The predicted molar refractivity (Wildman–Crippen MR) is 118 cm³/mol. The molecule has 0 aliphatic carbocycles. The zero-order valence-corrected chi connectivity index (χ0v) is 18.6. The molecule has 3 rings (SSSR count). The molecule has 1 aromatic heterocycles. The van der Waals surface area contributed by atoms with Crippen LogP contribution in [0.3, 0.4) is 0 Å². The van der Waals surface area contributed by atoms with Gasteiger partial charge in [0.25, 0.3) is 0 Å². The summed E-state index contributed by atoms with van der Waals surface area (Å²) in [6.45, 7) is 11.8. The van der Waals surface area contributed by atoms with Crippen LogP contribution in [0.15, 0.2) is 57.7 Å². The third-order valence-electron chi connectivity index (χ3n) is 5.46. The summed E-state index contributed by atoms with van der Waals surface area (Å²) in [6.07, 6.45) is 0. The molecule has 29 heavy (non-hydrogen) atoms. The fraction of sp³-hybridized carbons (Fsp3) is 0.348. The number of hydrogen-bond acceptors (Lipinski definition) is 5. The number of rotatable bonds is 6. The molecule has 0 bridgehead atoms. The van der Waals surface area contributed by atoms with E-state index in [4.69, 9.17) is 13.6 Å². The molecule has 0 aliphatic rings. The summed E-state index contributed by atoms with van der Waals surface area (Å²) >= 11 is 0. The lowest BCUT2D eigenvalue weighted by Gasteiger charge is -2.36. The average molecular weight is 413 g/mol. The Labute approximate surface area is 172 Å². The van der Waals surface area contributed by atoms with Gasteiger partial charge in [0.05, 0.1) is 6.61 Å². The third-order valence-corrected chi connectivity index (χ3v) is 10.0. The van der Waals surface area contributed by atoms with Crippen LogP contribution in [0, 0.1) is 0 Å². The molecule has 0 saturated heterocycles. The molecular weight excluding hydrogens is 384 g/mol. The number of fused-ring (bicyclic) bond motifs is 1. The molecular formula is C23H28O5Si. The van der Waals surface area contributed by atoms with E-state index in [-0.39, 0.29) is 27.2 Å². The summed E-state index contributed by atoms with van der Waals surface area (Å²) in [5, 5.41) is 10.6. The van der Waals surface area contributed by atoms with Gasteiger partial charge >= 0.3 is 0 Å². The summed E-state index contributed by atoms with van der Waals surface area (Å²) in [6, 6.07) is 13.8. The normalized spacial score (nSPS) is 12.3. The summed E-state index contributed by atoms with van der Waals surface area (Å²) in [5.41, 5.74) is 0.784. The van der Waals surface area contributed by atoms with Crippen molar-refractivity contribution in [2.45, 2.75) is 38.9 Å². The standard InChI is InChI=1S/C23H28O5Si/c1-23(2,3)29(4,5)27-12-11-26-17-13-18(24)22-19(25)15-20(28-21(22)14-17)16-9-7-6-8-10-16/h6-10,13-15,24H,11-12H2,1-5H3. The molecule has 2 aromatic carbocycles. The second-order valence-electron chi connectivity index (χ2n) is 8.61. The summed E-state index contributed by atoms with van der Waals surface area (Å²) in [5.74, 6) is 0.722. The second kappa shape index (κ2) is 8.04. The van der Waals surface area contributed by atoms with Crippen molar-refractivity contribution < 1.29 is 18.7 Å². The van der Waals surface area contributed by atoms with Crippen molar-refractivity contribution in [2.24, 2.45) is 0 Å². The van der Waals surface area contributed by atoms with Gasteiger partial charge in [0.2, 0.25) is 0 Å². The van der Waals surface area contributed by atoms with Crippen molar-refractivity contribution in [3.63, 3.8) is 0 Å². The Balaban J connectivity index is 1.80. The highest BCUT2D eigenvalue weighted by Gasteiger charge is 2.36. The topological polar surface area (TPSA) is 68.9 Å². The highest BCUT2D eigenvalue weighted by molar-refractivity contribution is 6.74. The van der Waals surface area contributed by atoms with E-state index in [1.54, 1.807) is 6.07 Å². The fourth-order valence-corrected chi connectivity index (χ4v) is 3.77. The monoisotopic (exact) mass is 412 g/mol. The zero-order valence-electron chi connectivity index (χ0n) is 17.6. The van der Waals surface area contributed by atoms with Gasteiger partial charge in [-0.15, -0.1) is 0 Å². The van der Waals surface area contributed by atoms with Gasteiger partial charge in [-0.1, -0.05) is 51.1 Å². The molecule has 6 heteroatoms. The van der Waals surface area contributed by atoms with Crippen LogP contribution in [-0.2, 0) is 4.43 Å². The SMILES string of the molecule is CC(C)(C)[Si](C)(C)OCCOc1cc(O)c2c(=O)cc(-c3ccccc3)oc2c1. The van der Waals surface area contributed by atoms with Gasteiger partial charge < -0.3 is 18.7 Å². The number of aromatic hydroxyl groups is 1. The van der Waals surface area contributed by atoms with Gasteiger partial charge in [-0.2, -0.15) is 0 Å². The van der Waals surface area contributed by atoms with E-state index >= 15 is 0 Å². The first-order valence-corrected chi connectivity index (χ1v) is 12.6.